The van der Waals surface area contributed by atoms with Gasteiger partial charge < -0.3 is 15.0 Å². The predicted molar refractivity (Wildman–Crippen MR) is 106 cm³/mol. The molecule has 3 heterocycles. The molecule has 3 nitrogen and oxygen atoms in total. The number of fused-ring (bicyclic) bond motifs is 3. The number of nitrogens with one attached hydrogen (secondary N) is 1. The summed E-state index contributed by atoms with van der Waals surface area (Å²) in [6.45, 7) is 1.98. The minimum absolute atomic E-state index is 0.138. The molecule has 3 saturated heterocycles. The maximum atomic E-state index is 14.1. The van der Waals surface area contributed by atoms with Crippen LogP contribution in [-0.2, 0) is 4.74 Å². The highest BCUT2D eigenvalue weighted by molar-refractivity contribution is 7.80. The van der Waals surface area contributed by atoms with Gasteiger partial charge in [-0.15, -0.1) is 0 Å². The fourth-order valence-corrected chi connectivity index (χ4v) is 3.97. The molecular formula is C21H21FN2OS. The van der Waals surface area contributed by atoms with E-state index in [-0.39, 0.29) is 11.9 Å². The lowest BCUT2D eigenvalue weighted by molar-refractivity contribution is 0.0319. The maximum Gasteiger partial charge on any atom is 0.261 e. The highest BCUT2D eigenvalue weighted by Crippen LogP contribution is 2.38. The van der Waals surface area contributed by atoms with E-state index in [1.165, 1.54) is 6.07 Å². The fourth-order valence-electron chi connectivity index (χ4n) is 3.75. The Morgan fingerprint density at radius 3 is 2.50 bits per heavy atom. The normalized spacial score (nSPS) is 23.1. The number of ether oxygens (including phenoxy) is 1. The van der Waals surface area contributed by atoms with Gasteiger partial charge in [-0.1, -0.05) is 36.4 Å². The summed E-state index contributed by atoms with van der Waals surface area (Å²) in [6, 6.07) is 16.6. The lowest BCUT2D eigenvalue weighted by Crippen LogP contribution is -2.50. The van der Waals surface area contributed by atoms with E-state index in [1.807, 2.05) is 42.5 Å². The maximum absolute atomic E-state index is 14.1. The number of piperidine rings is 3. The molecule has 134 valence electrons. The second-order valence-electron chi connectivity index (χ2n) is 6.73. The summed E-state index contributed by atoms with van der Waals surface area (Å²) in [7, 11) is 0. The quantitative estimate of drug-likeness (QED) is 0.796. The highest BCUT2D eigenvalue weighted by Gasteiger charge is 2.40. The van der Waals surface area contributed by atoms with Crippen LogP contribution in [0.15, 0.2) is 60.3 Å². The first-order chi connectivity index (χ1) is 12.7. The van der Waals surface area contributed by atoms with Gasteiger partial charge in [0.15, 0.2) is 0 Å². The zero-order valence-electron chi connectivity index (χ0n) is 14.4. The molecule has 0 spiro atoms. The second-order valence-corrected chi connectivity index (χ2v) is 7.10. The van der Waals surface area contributed by atoms with Crippen molar-refractivity contribution in [1.82, 2.24) is 4.90 Å². The van der Waals surface area contributed by atoms with Crippen LogP contribution in [0.5, 0.6) is 0 Å². The van der Waals surface area contributed by atoms with Gasteiger partial charge in [0.05, 0.1) is 5.70 Å². The van der Waals surface area contributed by atoms with E-state index in [4.69, 9.17) is 17.0 Å². The number of thiocarbonyl (C=S) groups is 1. The number of halogens is 1. The van der Waals surface area contributed by atoms with Gasteiger partial charge in [-0.2, -0.15) is 0 Å². The lowest BCUT2D eigenvalue weighted by atomic mass is 9.82. The number of anilines is 1. The van der Waals surface area contributed by atoms with Crippen LogP contribution in [-0.4, -0.2) is 29.3 Å². The van der Waals surface area contributed by atoms with Gasteiger partial charge in [-0.05, 0) is 49.3 Å². The van der Waals surface area contributed by atoms with Gasteiger partial charge in [0, 0.05) is 30.3 Å². The van der Waals surface area contributed by atoms with Crippen molar-refractivity contribution in [3.8, 4) is 0 Å². The number of hydrogen-bond acceptors (Lipinski definition) is 3. The first-order valence-electron chi connectivity index (χ1n) is 8.94. The fraction of sp³-hybridized carbons (Fsp3) is 0.286. The molecule has 0 saturated carbocycles. The molecule has 1 N–H and O–H groups in total. The van der Waals surface area contributed by atoms with Crippen LogP contribution < -0.4 is 5.32 Å². The Labute approximate surface area is 158 Å². The van der Waals surface area contributed by atoms with E-state index >= 15 is 0 Å². The van der Waals surface area contributed by atoms with Crippen molar-refractivity contribution >= 4 is 29.2 Å². The second kappa shape index (κ2) is 7.46. The number of para-hydroxylation sites is 1. The molecule has 5 rings (SSSR count). The molecule has 0 aliphatic carbocycles. The average Bonchev–Trinajstić information content (AvgIpc) is 2.67. The zero-order valence-corrected chi connectivity index (χ0v) is 15.2. The molecule has 2 aromatic carbocycles. The van der Waals surface area contributed by atoms with E-state index in [1.54, 1.807) is 12.1 Å². The van der Waals surface area contributed by atoms with Crippen LogP contribution in [0.1, 0.15) is 18.4 Å². The molecule has 0 amide bonds. The smallest absolute Gasteiger partial charge is 0.261 e. The SMILES string of the molecule is Fc1ccccc1C=C1C(OC(=S)Nc2ccccc2)C2CCN1CC2. The van der Waals surface area contributed by atoms with Gasteiger partial charge in [0.1, 0.15) is 11.9 Å². The predicted octanol–water partition coefficient (Wildman–Crippen LogP) is 4.67. The van der Waals surface area contributed by atoms with E-state index < -0.39 is 0 Å². The van der Waals surface area contributed by atoms with E-state index in [2.05, 4.69) is 10.2 Å². The molecule has 2 bridgehead atoms. The number of nitrogens with zero attached hydrogens (tertiary/aromatic N) is 1. The summed E-state index contributed by atoms with van der Waals surface area (Å²) >= 11 is 5.42. The van der Waals surface area contributed by atoms with Crippen LogP contribution in [0.25, 0.3) is 6.08 Å². The average molecular weight is 368 g/mol. The van der Waals surface area contributed by atoms with Crippen LogP contribution in [0.3, 0.4) is 0 Å². The third-order valence-corrected chi connectivity index (χ3v) is 5.29. The third-order valence-electron chi connectivity index (χ3n) is 5.09. The molecule has 3 aliphatic rings. The van der Waals surface area contributed by atoms with Gasteiger partial charge in [0.25, 0.3) is 5.17 Å². The third kappa shape index (κ3) is 3.58. The Hall–Kier alpha value is -2.40. The first kappa shape index (κ1) is 17.0. The van der Waals surface area contributed by atoms with E-state index in [9.17, 15) is 4.39 Å². The van der Waals surface area contributed by atoms with Gasteiger partial charge >= 0.3 is 0 Å². The Bertz CT molecular complexity index is 816. The van der Waals surface area contributed by atoms with Gasteiger partial charge in [0.2, 0.25) is 0 Å². The molecule has 0 radical (unpaired) electrons. The summed E-state index contributed by atoms with van der Waals surface area (Å²) in [5.41, 5.74) is 2.51. The lowest BCUT2D eigenvalue weighted by Gasteiger charge is -2.47. The summed E-state index contributed by atoms with van der Waals surface area (Å²) < 4.78 is 20.3. The number of benzene rings is 2. The topological polar surface area (TPSA) is 24.5 Å². The van der Waals surface area contributed by atoms with Crippen molar-refractivity contribution < 1.29 is 9.13 Å². The standard InChI is InChI=1S/C21H21FN2OS/c22-18-9-5-4-6-16(18)14-19-20(15-10-12-24(19)13-11-15)25-21(26)23-17-7-2-1-3-8-17/h1-9,14-15,20H,10-13H2,(H,23,26). The molecule has 5 heteroatoms. The van der Waals surface area contributed by atoms with E-state index in [0.717, 1.165) is 37.3 Å². The van der Waals surface area contributed by atoms with Crippen molar-refractivity contribution in [1.29, 1.82) is 0 Å². The van der Waals surface area contributed by atoms with Crippen molar-refractivity contribution in [2.75, 3.05) is 18.4 Å². The van der Waals surface area contributed by atoms with Crippen molar-refractivity contribution in [2.45, 2.75) is 18.9 Å². The minimum atomic E-state index is -0.216. The zero-order chi connectivity index (χ0) is 17.9. The van der Waals surface area contributed by atoms with Gasteiger partial charge in [-0.25, -0.2) is 4.39 Å². The molecule has 26 heavy (non-hydrogen) atoms. The number of rotatable bonds is 3. The molecule has 2 aromatic rings. The molecule has 3 aliphatic heterocycles. The minimum Gasteiger partial charge on any atom is -0.461 e. The number of hydrogen-bond donors (Lipinski definition) is 1. The largest absolute Gasteiger partial charge is 0.461 e. The van der Waals surface area contributed by atoms with Crippen LogP contribution >= 0.6 is 12.2 Å². The molecule has 1 atom stereocenters. The van der Waals surface area contributed by atoms with Crippen molar-refractivity contribution in [3.63, 3.8) is 0 Å². The summed E-state index contributed by atoms with van der Waals surface area (Å²) in [5, 5.41) is 3.49. The Morgan fingerprint density at radius 2 is 1.77 bits per heavy atom. The molecular weight excluding hydrogens is 347 g/mol. The Kier molecular flexibility index (Phi) is 4.89. The van der Waals surface area contributed by atoms with Crippen LogP contribution in [0.4, 0.5) is 10.1 Å². The monoisotopic (exact) mass is 368 g/mol. The van der Waals surface area contributed by atoms with Crippen LogP contribution in [0, 0.1) is 11.7 Å². The summed E-state index contributed by atoms with van der Waals surface area (Å²) in [6.07, 6.45) is 3.93. The molecule has 0 aromatic heterocycles. The van der Waals surface area contributed by atoms with Crippen molar-refractivity contribution in [3.05, 3.63) is 71.7 Å². The Morgan fingerprint density at radius 1 is 1.08 bits per heavy atom. The first-order valence-corrected chi connectivity index (χ1v) is 9.35. The Balaban J connectivity index is 1.56. The van der Waals surface area contributed by atoms with Crippen molar-refractivity contribution in [2.24, 2.45) is 5.92 Å². The summed E-state index contributed by atoms with van der Waals surface area (Å²) in [5.74, 6) is 0.194. The summed E-state index contributed by atoms with van der Waals surface area (Å²) in [4.78, 5) is 2.29. The van der Waals surface area contributed by atoms with E-state index in [0.29, 0.717) is 16.7 Å². The van der Waals surface area contributed by atoms with Gasteiger partial charge in [-0.3, -0.25) is 0 Å². The molecule has 3 fully saturated rings. The van der Waals surface area contributed by atoms with Crippen LogP contribution in [0.2, 0.25) is 0 Å². The molecule has 1 unspecified atom stereocenters. The highest BCUT2D eigenvalue weighted by atomic mass is 32.1.